The fourth-order valence-electron chi connectivity index (χ4n) is 5.76. The zero-order valence-corrected chi connectivity index (χ0v) is 18.5. The number of aryl methyl sites for hydroxylation is 1. The largest absolute Gasteiger partial charge is 0.0776 e. The SMILES string of the molecule is C.Cc1ccc2c3c(cccc13)-c1c-2c(-c2ccccc2)c2ccccc2c1-c1ccccc1. The molecule has 6 aromatic rings. The average molecular weight is 435 g/mol. The van der Waals surface area contributed by atoms with Gasteiger partial charge in [-0.25, -0.2) is 0 Å². The highest BCUT2D eigenvalue weighted by atomic mass is 14.3. The van der Waals surface area contributed by atoms with E-state index in [1.165, 1.54) is 71.6 Å². The van der Waals surface area contributed by atoms with Crippen molar-refractivity contribution in [3.05, 3.63) is 121 Å². The normalized spacial score (nSPS) is 11.4. The lowest BCUT2D eigenvalue weighted by atomic mass is 9.82. The molecule has 0 aliphatic heterocycles. The highest BCUT2D eigenvalue weighted by Crippen LogP contribution is 2.57. The molecule has 0 spiro atoms. The van der Waals surface area contributed by atoms with Crippen molar-refractivity contribution in [2.45, 2.75) is 14.4 Å². The molecule has 0 heteroatoms. The Morgan fingerprint density at radius 2 is 0.853 bits per heavy atom. The Labute approximate surface area is 201 Å². The predicted octanol–water partition coefficient (Wildman–Crippen LogP) is 9.92. The minimum Gasteiger partial charge on any atom is -0.0776 e. The molecule has 0 bridgehead atoms. The molecule has 0 radical (unpaired) electrons. The Morgan fingerprint density at radius 3 is 1.41 bits per heavy atom. The molecule has 34 heavy (non-hydrogen) atoms. The number of benzene rings is 6. The Balaban J connectivity index is 0.00000217. The lowest BCUT2D eigenvalue weighted by molar-refractivity contribution is 1.54. The molecule has 0 nitrogen and oxygen atoms in total. The molecule has 0 N–H and O–H groups in total. The molecular weight excluding hydrogens is 408 g/mol. The van der Waals surface area contributed by atoms with Gasteiger partial charge in [0.15, 0.2) is 0 Å². The molecule has 1 aliphatic carbocycles. The second kappa shape index (κ2) is 7.71. The number of hydrogen-bond donors (Lipinski definition) is 0. The van der Waals surface area contributed by atoms with Gasteiger partial charge in [0.1, 0.15) is 0 Å². The van der Waals surface area contributed by atoms with E-state index in [0.29, 0.717) is 0 Å². The van der Waals surface area contributed by atoms with Gasteiger partial charge in [-0.3, -0.25) is 0 Å². The van der Waals surface area contributed by atoms with E-state index in [4.69, 9.17) is 0 Å². The van der Waals surface area contributed by atoms with Crippen molar-refractivity contribution in [3.8, 4) is 44.5 Å². The first-order chi connectivity index (χ1) is 16.3. The van der Waals surface area contributed by atoms with Crippen molar-refractivity contribution in [1.82, 2.24) is 0 Å². The lowest BCUT2D eigenvalue weighted by Gasteiger charge is -2.20. The van der Waals surface area contributed by atoms with E-state index in [2.05, 4.69) is 122 Å². The van der Waals surface area contributed by atoms with E-state index in [-0.39, 0.29) is 7.43 Å². The van der Waals surface area contributed by atoms with E-state index in [1.807, 2.05) is 0 Å². The third-order valence-electron chi connectivity index (χ3n) is 7.14. The first kappa shape index (κ1) is 20.4. The van der Waals surface area contributed by atoms with Gasteiger partial charge in [0.05, 0.1) is 0 Å². The van der Waals surface area contributed by atoms with Gasteiger partial charge in [0.2, 0.25) is 0 Å². The summed E-state index contributed by atoms with van der Waals surface area (Å²) in [5.74, 6) is 0. The summed E-state index contributed by atoms with van der Waals surface area (Å²) >= 11 is 0. The van der Waals surface area contributed by atoms with E-state index < -0.39 is 0 Å². The van der Waals surface area contributed by atoms with Gasteiger partial charge >= 0.3 is 0 Å². The van der Waals surface area contributed by atoms with Crippen LogP contribution in [0.3, 0.4) is 0 Å². The van der Waals surface area contributed by atoms with Crippen molar-refractivity contribution < 1.29 is 0 Å². The van der Waals surface area contributed by atoms with Crippen LogP contribution >= 0.6 is 0 Å². The molecule has 0 saturated carbocycles. The average Bonchev–Trinajstić information content (AvgIpc) is 3.21. The molecule has 0 unspecified atom stereocenters. The summed E-state index contributed by atoms with van der Waals surface area (Å²) in [6.07, 6.45) is 0. The summed E-state index contributed by atoms with van der Waals surface area (Å²) in [5.41, 5.74) is 12.0. The Hall–Kier alpha value is -4.16. The van der Waals surface area contributed by atoms with E-state index in [1.54, 1.807) is 0 Å². The molecule has 0 saturated heterocycles. The smallest absolute Gasteiger partial charge is 0.000741 e. The van der Waals surface area contributed by atoms with Crippen LogP contribution in [0.15, 0.2) is 115 Å². The summed E-state index contributed by atoms with van der Waals surface area (Å²) in [5, 5.41) is 5.35. The highest BCUT2D eigenvalue weighted by molar-refractivity contribution is 6.27. The van der Waals surface area contributed by atoms with Gasteiger partial charge in [0, 0.05) is 0 Å². The van der Waals surface area contributed by atoms with Crippen LogP contribution in [0.2, 0.25) is 0 Å². The monoisotopic (exact) mass is 434 g/mol. The first-order valence-corrected chi connectivity index (χ1v) is 11.6. The van der Waals surface area contributed by atoms with Gasteiger partial charge in [0.25, 0.3) is 0 Å². The fraction of sp³-hybridized carbons (Fsp3) is 0.0588. The zero-order valence-electron chi connectivity index (χ0n) is 18.5. The molecule has 0 heterocycles. The minimum absolute atomic E-state index is 0. The molecule has 0 atom stereocenters. The van der Waals surface area contributed by atoms with Gasteiger partial charge < -0.3 is 0 Å². The molecule has 0 amide bonds. The van der Waals surface area contributed by atoms with Crippen LogP contribution in [0, 0.1) is 6.92 Å². The maximum absolute atomic E-state index is 2.34. The third-order valence-corrected chi connectivity index (χ3v) is 7.14. The molecule has 6 aromatic carbocycles. The quantitative estimate of drug-likeness (QED) is 0.254. The summed E-state index contributed by atoms with van der Waals surface area (Å²) in [6.45, 7) is 2.22. The van der Waals surface area contributed by atoms with Gasteiger partial charge in [-0.2, -0.15) is 0 Å². The minimum atomic E-state index is 0. The Bertz CT molecular complexity index is 1600. The maximum atomic E-state index is 2.34. The van der Waals surface area contributed by atoms with E-state index in [0.717, 1.165) is 0 Å². The van der Waals surface area contributed by atoms with Crippen molar-refractivity contribution in [2.75, 3.05) is 0 Å². The van der Waals surface area contributed by atoms with Gasteiger partial charge in [-0.15, -0.1) is 0 Å². The second-order valence-electron chi connectivity index (χ2n) is 8.94. The van der Waals surface area contributed by atoms with Crippen LogP contribution in [-0.4, -0.2) is 0 Å². The van der Waals surface area contributed by atoms with E-state index >= 15 is 0 Å². The Kier molecular flexibility index (Phi) is 4.64. The highest BCUT2D eigenvalue weighted by Gasteiger charge is 2.30. The van der Waals surface area contributed by atoms with Crippen LogP contribution in [0.4, 0.5) is 0 Å². The van der Waals surface area contributed by atoms with Crippen LogP contribution in [0.5, 0.6) is 0 Å². The van der Waals surface area contributed by atoms with Crippen LogP contribution < -0.4 is 0 Å². The standard InChI is InChI=1S/C33H22.CH4/c1-21-19-20-28-31-24(21)17-10-18-27(31)32-29(22-11-4-2-5-12-22)25-15-8-9-16-26(25)30(33(28)32)23-13-6-3-7-14-23;/h2-20H,1H3;1H4. The second-order valence-corrected chi connectivity index (χ2v) is 8.94. The van der Waals surface area contributed by atoms with Crippen molar-refractivity contribution in [3.63, 3.8) is 0 Å². The predicted molar refractivity (Wildman–Crippen MR) is 148 cm³/mol. The fourth-order valence-corrected chi connectivity index (χ4v) is 5.76. The van der Waals surface area contributed by atoms with E-state index in [9.17, 15) is 0 Å². The molecule has 7 rings (SSSR count). The third kappa shape index (κ3) is 2.72. The van der Waals surface area contributed by atoms with Gasteiger partial charge in [-0.05, 0) is 78.5 Å². The lowest BCUT2D eigenvalue weighted by Crippen LogP contribution is -1.93. The summed E-state index contributed by atoms with van der Waals surface area (Å²) in [6, 6.07) is 42.1. The summed E-state index contributed by atoms with van der Waals surface area (Å²) in [7, 11) is 0. The summed E-state index contributed by atoms with van der Waals surface area (Å²) in [4.78, 5) is 0. The van der Waals surface area contributed by atoms with Gasteiger partial charge in [-0.1, -0.05) is 123 Å². The molecule has 162 valence electrons. The number of rotatable bonds is 2. The van der Waals surface area contributed by atoms with Crippen molar-refractivity contribution >= 4 is 21.5 Å². The molecule has 1 aliphatic rings. The zero-order chi connectivity index (χ0) is 21.9. The maximum Gasteiger partial charge on any atom is -0.000741 e. The molecular formula is C34H26. The van der Waals surface area contributed by atoms with Crippen LogP contribution in [-0.2, 0) is 0 Å². The summed E-state index contributed by atoms with van der Waals surface area (Å²) < 4.78 is 0. The number of hydrogen-bond acceptors (Lipinski definition) is 0. The van der Waals surface area contributed by atoms with Crippen LogP contribution in [0.1, 0.15) is 13.0 Å². The van der Waals surface area contributed by atoms with Crippen molar-refractivity contribution in [1.29, 1.82) is 0 Å². The topological polar surface area (TPSA) is 0 Å². The molecule has 0 aromatic heterocycles. The first-order valence-electron chi connectivity index (χ1n) is 11.6. The van der Waals surface area contributed by atoms with Crippen LogP contribution in [0.25, 0.3) is 66.1 Å². The number of fused-ring (bicyclic) bond motifs is 4. The Morgan fingerprint density at radius 1 is 0.382 bits per heavy atom. The van der Waals surface area contributed by atoms with Crippen molar-refractivity contribution in [2.24, 2.45) is 0 Å². The molecule has 0 fully saturated rings.